The standard InChI is InChI=1S/C12H11Cl2NO5/c1-7(15(18)19)6-8-2-3-9(12(14)11(8)13)20-5-4-10(16)17/h2-3,6H,4-5H2,1H3,(H,16,17). The number of allylic oxidation sites excluding steroid dienone is 1. The molecule has 1 rings (SSSR count). The molecular weight excluding hydrogens is 309 g/mol. The predicted octanol–water partition coefficient (Wildman–Crippen LogP) is 3.48. The Morgan fingerprint density at radius 3 is 2.65 bits per heavy atom. The van der Waals surface area contributed by atoms with Gasteiger partial charge in [-0.15, -0.1) is 0 Å². The first-order chi connectivity index (χ1) is 9.32. The molecule has 20 heavy (non-hydrogen) atoms. The Morgan fingerprint density at radius 1 is 1.45 bits per heavy atom. The lowest BCUT2D eigenvalue weighted by atomic mass is 10.2. The lowest BCUT2D eigenvalue weighted by molar-refractivity contribution is -0.422. The van der Waals surface area contributed by atoms with E-state index in [2.05, 4.69) is 0 Å². The van der Waals surface area contributed by atoms with Crippen molar-refractivity contribution in [3.63, 3.8) is 0 Å². The quantitative estimate of drug-likeness (QED) is 0.640. The van der Waals surface area contributed by atoms with Crippen LogP contribution in [0.5, 0.6) is 5.75 Å². The van der Waals surface area contributed by atoms with Gasteiger partial charge in [0.25, 0.3) is 0 Å². The Bertz CT molecular complexity index is 571. The van der Waals surface area contributed by atoms with Gasteiger partial charge in [-0.1, -0.05) is 23.2 Å². The summed E-state index contributed by atoms with van der Waals surface area (Å²) < 4.78 is 5.18. The van der Waals surface area contributed by atoms with Gasteiger partial charge in [-0.25, -0.2) is 0 Å². The van der Waals surface area contributed by atoms with Crippen LogP contribution in [0.2, 0.25) is 10.0 Å². The molecule has 0 radical (unpaired) electrons. The lowest BCUT2D eigenvalue weighted by Crippen LogP contribution is -2.05. The molecule has 1 aromatic rings. The molecule has 0 amide bonds. The molecule has 8 heteroatoms. The highest BCUT2D eigenvalue weighted by Crippen LogP contribution is 2.35. The highest BCUT2D eigenvalue weighted by Gasteiger charge is 2.12. The van der Waals surface area contributed by atoms with Crippen molar-refractivity contribution in [2.75, 3.05) is 6.61 Å². The maximum absolute atomic E-state index is 10.6. The maximum Gasteiger partial charge on any atom is 0.306 e. The van der Waals surface area contributed by atoms with Crippen LogP contribution in [0.15, 0.2) is 17.8 Å². The fourth-order valence-electron chi connectivity index (χ4n) is 1.30. The summed E-state index contributed by atoms with van der Waals surface area (Å²) in [4.78, 5) is 20.4. The van der Waals surface area contributed by atoms with Crippen molar-refractivity contribution in [2.24, 2.45) is 0 Å². The zero-order valence-corrected chi connectivity index (χ0v) is 11.9. The van der Waals surface area contributed by atoms with Crippen molar-refractivity contribution < 1.29 is 19.6 Å². The third-order valence-corrected chi connectivity index (χ3v) is 3.18. The maximum atomic E-state index is 10.6. The molecule has 0 unspecified atom stereocenters. The third-order valence-electron chi connectivity index (χ3n) is 2.30. The molecule has 1 aromatic carbocycles. The minimum Gasteiger partial charge on any atom is -0.491 e. The Labute approximate surface area is 124 Å². The molecule has 108 valence electrons. The van der Waals surface area contributed by atoms with Gasteiger partial charge in [-0.3, -0.25) is 14.9 Å². The smallest absolute Gasteiger partial charge is 0.306 e. The number of halogens is 2. The third kappa shape index (κ3) is 4.40. The molecular formula is C12H11Cl2NO5. The number of nitro groups is 1. The fourth-order valence-corrected chi connectivity index (χ4v) is 1.73. The molecule has 0 heterocycles. The number of hydrogen-bond donors (Lipinski definition) is 1. The van der Waals surface area contributed by atoms with Gasteiger partial charge in [-0.2, -0.15) is 0 Å². The number of aliphatic carboxylic acids is 1. The number of carboxylic acids is 1. The number of benzene rings is 1. The number of hydrogen-bond acceptors (Lipinski definition) is 4. The summed E-state index contributed by atoms with van der Waals surface area (Å²) in [7, 11) is 0. The van der Waals surface area contributed by atoms with Crippen LogP contribution in [0, 0.1) is 10.1 Å². The first-order valence-electron chi connectivity index (χ1n) is 5.48. The monoisotopic (exact) mass is 319 g/mol. The fraction of sp³-hybridized carbons (Fsp3) is 0.250. The van der Waals surface area contributed by atoms with Crippen LogP contribution in [-0.2, 0) is 4.79 Å². The molecule has 0 spiro atoms. The van der Waals surface area contributed by atoms with Crippen LogP contribution >= 0.6 is 23.2 Å². The van der Waals surface area contributed by atoms with Crippen LogP contribution in [0.25, 0.3) is 6.08 Å². The molecule has 0 saturated heterocycles. The molecule has 0 bridgehead atoms. The van der Waals surface area contributed by atoms with E-state index in [9.17, 15) is 14.9 Å². The minimum atomic E-state index is -0.992. The highest BCUT2D eigenvalue weighted by atomic mass is 35.5. The van der Waals surface area contributed by atoms with Crippen LogP contribution in [0.3, 0.4) is 0 Å². The van der Waals surface area contributed by atoms with E-state index in [0.717, 1.165) is 0 Å². The van der Waals surface area contributed by atoms with Crippen molar-refractivity contribution in [2.45, 2.75) is 13.3 Å². The van der Waals surface area contributed by atoms with Gasteiger partial charge in [0.05, 0.1) is 23.0 Å². The average Bonchev–Trinajstić information content (AvgIpc) is 2.37. The summed E-state index contributed by atoms with van der Waals surface area (Å²) in [5.74, 6) is -0.762. The van der Waals surface area contributed by atoms with Crippen LogP contribution in [0.4, 0.5) is 0 Å². The zero-order valence-electron chi connectivity index (χ0n) is 10.4. The summed E-state index contributed by atoms with van der Waals surface area (Å²) in [5.41, 5.74) is 0.305. The van der Waals surface area contributed by atoms with Crippen LogP contribution in [-0.4, -0.2) is 22.6 Å². The van der Waals surface area contributed by atoms with E-state index in [1.165, 1.54) is 25.1 Å². The lowest BCUT2D eigenvalue weighted by Gasteiger charge is -2.09. The Balaban J connectivity index is 2.95. The normalized spacial score (nSPS) is 11.2. The first-order valence-corrected chi connectivity index (χ1v) is 6.23. The molecule has 0 saturated carbocycles. The predicted molar refractivity (Wildman–Crippen MR) is 74.9 cm³/mol. The molecule has 0 aliphatic carbocycles. The molecule has 1 N–H and O–H groups in total. The highest BCUT2D eigenvalue weighted by molar-refractivity contribution is 6.43. The number of carbonyl (C=O) groups is 1. The van der Waals surface area contributed by atoms with Crippen molar-refractivity contribution in [3.8, 4) is 5.75 Å². The van der Waals surface area contributed by atoms with Crippen molar-refractivity contribution >= 4 is 35.2 Å². The first kappa shape index (κ1) is 16.3. The van der Waals surface area contributed by atoms with E-state index in [1.54, 1.807) is 0 Å². The summed E-state index contributed by atoms with van der Waals surface area (Å²) >= 11 is 12.0. The SMILES string of the molecule is CC(=Cc1ccc(OCCC(=O)O)c(Cl)c1Cl)[N+](=O)[O-]. The number of ether oxygens (including phenoxy) is 1. The second-order valence-corrected chi connectivity index (χ2v) is 4.57. The van der Waals surface area contributed by atoms with Gasteiger partial charge in [0.15, 0.2) is 0 Å². The van der Waals surface area contributed by atoms with E-state index >= 15 is 0 Å². The van der Waals surface area contributed by atoms with Gasteiger partial charge in [0, 0.05) is 18.6 Å². The van der Waals surface area contributed by atoms with Gasteiger partial charge >= 0.3 is 5.97 Å². The molecule has 0 aliphatic rings. The molecule has 0 atom stereocenters. The summed E-state index contributed by atoms with van der Waals surface area (Å²) in [6, 6.07) is 2.99. The van der Waals surface area contributed by atoms with E-state index in [0.29, 0.717) is 5.56 Å². The summed E-state index contributed by atoms with van der Waals surface area (Å²) in [5, 5.41) is 19.2. The number of carboxylic acid groups (broad SMARTS) is 1. The Kier molecular flexibility index (Phi) is 5.79. The van der Waals surface area contributed by atoms with E-state index in [1.807, 2.05) is 0 Å². The number of rotatable bonds is 6. The van der Waals surface area contributed by atoms with Gasteiger partial charge in [0.2, 0.25) is 5.70 Å². The van der Waals surface area contributed by atoms with Gasteiger partial charge in [0.1, 0.15) is 10.8 Å². The second kappa shape index (κ2) is 7.12. The van der Waals surface area contributed by atoms with E-state index in [-0.39, 0.29) is 34.5 Å². The molecule has 6 nitrogen and oxygen atoms in total. The zero-order chi connectivity index (χ0) is 15.3. The van der Waals surface area contributed by atoms with Gasteiger partial charge < -0.3 is 9.84 Å². The van der Waals surface area contributed by atoms with Crippen LogP contribution < -0.4 is 4.74 Å². The Hall–Kier alpha value is -1.79. The largest absolute Gasteiger partial charge is 0.491 e. The molecule has 0 aliphatic heterocycles. The van der Waals surface area contributed by atoms with Crippen LogP contribution in [0.1, 0.15) is 18.9 Å². The van der Waals surface area contributed by atoms with Crippen molar-refractivity contribution in [1.82, 2.24) is 0 Å². The summed E-state index contributed by atoms with van der Waals surface area (Å²) in [6.07, 6.45) is 1.12. The molecule has 0 aromatic heterocycles. The topological polar surface area (TPSA) is 89.7 Å². The Morgan fingerprint density at radius 2 is 2.10 bits per heavy atom. The van der Waals surface area contributed by atoms with E-state index in [4.69, 9.17) is 33.0 Å². The van der Waals surface area contributed by atoms with E-state index < -0.39 is 10.9 Å². The second-order valence-electron chi connectivity index (χ2n) is 3.82. The summed E-state index contributed by atoms with van der Waals surface area (Å²) in [6.45, 7) is 1.29. The average molecular weight is 320 g/mol. The minimum absolute atomic E-state index is 0.0471. The molecule has 0 fully saturated rings. The van der Waals surface area contributed by atoms with Crippen molar-refractivity contribution in [3.05, 3.63) is 43.6 Å². The van der Waals surface area contributed by atoms with Gasteiger partial charge in [-0.05, 0) is 12.1 Å². The number of nitrogens with zero attached hydrogens (tertiary/aromatic N) is 1. The van der Waals surface area contributed by atoms with Crippen molar-refractivity contribution in [1.29, 1.82) is 0 Å².